The minimum atomic E-state index is -2.36. The molecular weight excluding hydrogens is 575 g/mol. The number of hydrogen-bond donors (Lipinski definition) is 0. The highest BCUT2D eigenvalue weighted by molar-refractivity contribution is 6.33. The summed E-state index contributed by atoms with van der Waals surface area (Å²) in [6, 6.07) is 9.40. The first-order valence-corrected chi connectivity index (χ1v) is 12.3. The SMILES string of the molecule is CCOC(=O)c1ccc(COc2c(Cl)cc(/C=C3\C(=O)N(c4c(F)c(F)c(F)c(F)c4F)N=C3C)cc2OC)cc1. The molecule has 1 aliphatic heterocycles. The highest BCUT2D eigenvalue weighted by Gasteiger charge is 2.37. The van der Waals surface area contributed by atoms with Gasteiger partial charge in [-0.1, -0.05) is 23.7 Å². The van der Waals surface area contributed by atoms with Crippen molar-refractivity contribution >= 4 is 41.0 Å². The third-order valence-electron chi connectivity index (χ3n) is 5.87. The number of esters is 1. The van der Waals surface area contributed by atoms with Crippen molar-refractivity contribution in [3.8, 4) is 11.5 Å². The van der Waals surface area contributed by atoms with E-state index in [0.29, 0.717) is 11.1 Å². The van der Waals surface area contributed by atoms with Gasteiger partial charge in [0.15, 0.2) is 34.8 Å². The molecule has 0 saturated carbocycles. The van der Waals surface area contributed by atoms with Crippen LogP contribution in [0.15, 0.2) is 47.1 Å². The van der Waals surface area contributed by atoms with E-state index >= 15 is 0 Å². The maximum atomic E-state index is 14.3. The summed E-state index contributed by atoms with van der Waals surface area (Å²) in [6.07, 6.45) is 1.26. The number of hydrazone groups is 1. The van der Waals surface area contributed by atoms with Crippen molar-refractivity contribution in [1.29, 1.82) is 0 Å². The molecule has 4 rings (SSSR count). The van der Waals surface area contributed by atoms with E-state index in [1.807, 2.05) is 0 Å². The van der Waals surface area contributed by atoms with Gasteiger partial charge in [-0.3, -0.25) is 4.79 Å². The lowest BCUT2D eigenvalue weighted by Gasteiger charge is -2.15. The molecule has 0 aromatic heterocycles. The predicted octanol–water partition coefficient (Wildman–Crippen LogP) is 6.61. The molecule has 7 nitrogen and oxygen atoms in total. The Morgan fingerprint density at radius 2 is 1.61 bits per heavy atom. The van der Waals surface area contributed by atoms with E-state index in [9.17, 15) is 31.5 Å². The molecule has 1 heterocycles. The second-order valence-corrected chi connectivity index (χ2v) is 8.93. The Balaban J connectivity index is 1.58. The smallest absolute Gasteiger partial charge is 0.338 e. The summed E-state index contributed by atoms with van der Waals surface area (Å²) in [5.41, 5.74) is -0.372. The summed E-state index contributed by atoms with van der Waals surface area (Å²) >= 11 is 6.42. The number of methoxy groups -OCH3 is 1. The van der Waals surface area contributed by atoms with E-state index in [-0.39, 0.29) is 51.6 Å². The lowest BCUT2D eigenvalue weighted by atomic mass is 10.1. The zero-order chi connectivity index (χ0) is 30.0. The van der Waals surface area contributed by atoms with Gasteiger partial charge >= 0.3 is 5.97 Å². The van der Waals surface area contributed by atoms with Gasteiger partial charge in [0.25, 0.3) is 5.91 Å². The predicted molar refractivity (Wildman–Crippen MR) is 140 cm³/mol. The van der Waals surface area contributed by atoms with E-state index < -0.39 is 46.6 Å². The summed E-state index contributed by atoms with van der Waals surface area (Å²) in [6.45, 7) is 3.33. The fraction of sp³-hybridized carbons (Fsp3) is 0.179. The first kappa shape index (κ1) is 29.5. The molecule has 0 atom stereocenters. The van der Waals surface area contributed by atoms with Crippen LogP contribution in [0, 0.1) is 29.1 Å². The van der Waals surface area contributed by atoms with Gasteiger partial charge in [0.05, 0.1) is 35.6 Å². The van der Waals surface area contributed by atoms with Gasteiger partial charge in [-0.05, 0) is 55.3 Å². The van der Waals surface area contributed by atoms with Gasteiger partial charge in [0.2, 0.25) is 5.82 Å². The van der Waals surface area contributed by atoms with Crippen molar-refractivity contribution in [2.75, 3.05) is 18.7 Å². The van der Waals surface area contributed by atoms with Crippen molar-refractivity contribution in [3.63, 3.8) is 0 Å². The summed E-state index contributed by atoms with van der Waals surface area (Å²) in [7, 11) is 1.35. The van der Waals surface area contributed by atoms with Crippen LogP contribution in [0.3, 0.4) is 0 Å². The van der Waals surface area contributed by atoms with Gasteiger partial charge in [-0.2, -0.15) is 10.1 Å². The number of rotatable bonds is 8. The van der Waals surface area contributed by atoms with E-state index in [2.05, 4.69) is 5.10 Å². The lowest BCUT2D eigenvalue weighted by Crippen LogP contribution is -2.25. The number of carbonyl (C=O) groups excluding carboxylic acids is 2. The van der Waals surface area contributed by atoms with Crippen LogP contribution in [0.5, 0.6) is 11.5 Å². The average molecular weight is 595 g/mol. The number of anilines is 1. The van der Waals surface area contributed by atoms with Crippen LogP contribution in [-0.4, -0.2) is 31.3 Å². The largest absolute Gasteiger partial charge is 0.493 e. The third-order valence-corrected chi connectivity index (χ3v) is 6.15. The molecule has 0 radical (unpaired) electrons. The van der Waals surface area contributed by atoms with Crippen molar-refractivity contribution in [3.05, 3.63) is 92.8 Å². The van der Waals surface area contributed by atoms with Gasteiger partial charge in [0.1, 0.15) is 12.3 Å². The van der Waals surface area contributed by atoms with Crippen LogP contribution < -0.4 is 14.5 Å². The van der Waals surface area contributed by atoms with Crippen molar-refractivity contribution in [2.24, 2.45) is 5.10 Å². The zero-order valence-corrected chi connectivity index (χ0v) is 22.4. The normalized spacial score (nSPS) is 14.0. The second kappa shape index (κ2) is 12.0. The molecule has 0 N–H and O–H groups in total. The fourth-order valence-electron chi connectivity index (χ4n) is 3.85. The van der Waals surface area contributed by atoms with Gasteiger partial charge < -0.3 is 14.2 Å². The molecule has 214 valence electrons. The minimum absolute atomic E-state index is 0.0550. The lowest BCUT2D eigenvalue weighted by molar-refractivity contribution is -0.114. The van der Waals surface area contributed by atoms with E-state index in [4.69, 9.17) is 25.8 Å². The molecule has 0 aliphatic carbocycles. The zero-order valence-electron chi connectivity index (χ0n) is 21.7. The first-order valence-electron chi connectivity index (χ1n) is 11.9. The Bertz CT molecular complexity index is 1580. The van der Waals surface area contributed by atoms with Gasteiger partial charge in [-0.25, -0.2) is 26.7 Å². The van der Waals surface area contributed by atoms with Crippen molar-refractivity contribution in [2.45, 2.75) is 20.5 Å². The van der Waals surface area contributed by atoms with Crippen LogP contribution in [0.4, 0.5) is 27.6 Å². The maximum absolute atomic E-state index is 14.3. The second-order valence-electron chi connectivity index (χ2n) is 8.52. The molecule has 0 bridgehead atoms. The van der Waals surface area contributed by atoms with E-state index in [0.717, 1.165) is 0 Å². The quantitative estimate of drug-likeness (QED) is 0.0965. The van der Waals surface area contributed by atoms with Crippen LogP contribution in [-0.2, 0) is 16.1 Å². The molecule has 1 aliphatic rings. The maximum Gasteiger partial charge on any atom is 0.338 e. The average Bonchev–Trinajstić information content (AvgIpc) is 3.22. The molecule has 0 unspecified atom stereocenters. The first-order chi connectivity index (χ1) is 19.5. The minimum Gasteiger partial charge on any atom is -0.493 e. The van der Waals surface area contributed by atoms with E-state index in [1.165, 1.54) is 32.2 Å². The highest BCUT2D eigenvalue weighted by atomic mass is 35.5. The van der Waals surface area contributed by atoms with Crippen LogP contribution in [0.25, 0.3) is 6.08 Å². The number of nitrogens with zero attached hydrogens (tertiary/aromatic N) is 2. The molecule has 41 heavy (non-hydrogen) atoms. The Hall–Kier alpha value is -4.45. The summed E-state index contributed by atoms with van der Waals surface area (Å²) < 4.78 is 85.7. The molecule has 0 spiro atoms. The van der Waals surface area contributed by atoms with Crippen molar-refractivity contribution < 1.29 is 45.8 Å². The fourth-order valence-corrected chi connectivity index (χ4v) is 4.13. The topological polar surface area (TPSA) is 77.4 Å². The molecule has 1 amide bonds. The van der Waals surface area contributed by atoms with Crippen LogP contribution >= 0.6 is 11.6 Å². The monoisotopic (exact) mass is 594 g/mol. The van der Waals surface area contributed by atoms with Crippen molar-refractivity contribution in [1.82, 2.24) is 0 Å². The van der Waals surface area contributed by atoms with Crippen LogP contribution in [0.1, 0.15) is 35.3 Å². The Kier molecular flexibility index (Phi) is 8.62. The third kappa shape index (κ3) is 5.73. The van der Waals surface area contributed by atoms with Gasteiger partial charge in [0, 0.05) is 0 Å². The van der Waals surface area contributed by atoms with Gasteiger partial charge in [-0.15, -0.1) is 0 Å². The number of ether oxygens (including phenoxy) is 3. The van der Waals surface area contributed by atoms with E-state index in [1.54, 1.807) is 31.2 Å². The Labute approximate surface area is 235 Å². The molecule has 13 heteroatoms. The number of halogens is 6. The summed E-state index contributed by atoms with van der Waals surface area (Å²) in [5.74, 6) is -12.4. The number of amides is 1. The standard InChI is InChI=1S/C28H20ClF5N2O5/c1-4-40-28(38)16-7-5-14(6-8-16)12-41-26-18(29)10-15(11-19(26)39-3)9-17-13(2)35-36(27(17)37)25-23(33)21(31)20(30)22(32)24(25)34/h5-11H,4,12H2,1-3H3/b17-9-. The Morgan fingerprint density at radius 3 is 2.20 bits per heavy atom. The molecule has 0 fully saturated rings. The van der Waals surface area contributed by atoms with Crippen LogP contribution in [0.2, 0.25) is 5.02 Å². The Morgan fingerprint density at radius 1 is 1.00 bits per heavy atom. The molecule has 0 saturated heterocycles. The molecule has 3 aromatic rings. The number of carbonyl (C=O) groups is 2. The molecule has 3 aromatic carbocycles. The molecular formula is C28H20ClF5N2O5. The summed E-state index contributed by atoms with van der Waals surface area (Å²) in [5, 5.41) is 3.89. The summed E-state index contributed by atoms with van der Waals surface area (Å²) in [4.78, 5) is 24.8. The number of hydrogen-bond acceptors (Lipinski definition) is 6. The highest BCUT2D eigenvalue weighted by Crippen LogP contribution is 2.39. The number of benzene rings is 3.